The van der Waals surface area contributed by atoms with Crippen LogP contribution in [0, 0.1) is 10.8 Å². The Morgan fingerprint density at radius 2 is 1.41 bits per heavy atom. The third-order valence-electron chi connectivity index (χ3n) is 3.63. The molecule has 0 aromatic heterocycles. The van der Waals surface area contributed by atoms with E-state index in [1.54, 1.807) is 6.07 Å². The molecular formula is C14H21Cl2N. The molecule has 96 valence electrons. The highest BCUT2D eigenvalue weighted by Crippen LogP contribution is 2.38. The second-order valence-electron chi connectivity index (χ2n) is 6.15. The minimum absolute atomic E-state index is 0.182. The fourth-order valence-electron chi connectivity index (χ4n) is 1.24. The highest BCUT2D eigenvalue weighted by molar-refractivity contribution is 6.35. The van der Waals surface area contributed by atoms with Crippen LogP contribution in [0.3, 0.4) is 0 Å². The van der Waals surface area contributed by atoms with Crippen LogP contribution in [0.1, 0.15) is 34.6 Å². The fraction of sp³-hybridized carbons (Fsp3) is 0.571. The van der Waals surface area contributed by atoms with Crippen LogP contribution in [0.15, 0.2) is 18.2 Å². The summed E-state index contributed by atoms with van der Waals surface area (Å²) < 4.78 is 0. The Bertz CT molecular complexity index is 371. The lowest BCUT2D eigenvalue weighted by Gasteiger charge is -2.39. The van der Waals surface area contributed by atoms with Gasteiger partial charge in [0, 0.05) is 22.3 Å². The van der Waals surface area contributed by atoms with Crippen molar-refractivity contribution >= 4 is 28.9 Å². The molecule has 0 spiro atoms. The van der Waals surface area contributed by atoms with Gasteiger partial charge in [0.05, 0.1) is 0 Å². The molecule has 0 amide bonds. The summed E-state index contributed by atoms with van der Waals surface area (Å²) in [5, 5.41) is 4.73. The predicted octanol–water partition coefficient (Wildman–Crippen LogP) is 5.48. The molecule has 0 heterocycles. The van der Waals surface area contributed by atoms with Crippen molar-refractivity contribution < 1.29 is 0 Å². The summed E-state index contributed by atoms with van der Waals surface area (Å²) in [4.78, 5) is 0. The molecule has 0 atom stereocenters. The van der Waals surface area contributed by atoms with Crippen LogP contribution in [0.2, 0.25) is 10.0 Å². The minimum Gasteiger partial charge on any atom is -0.384 e. The number of hydrogen-bond donors (Lipinski definition) is 1. The highest BCUT2D eigenvalue weighted by atomic mass is 35.5. The van der Waals surface area contributed by atoms with E-state index in [1.807, 2.05) is 12.1 Å². The van der Waals surface area contributed by atoms with Crippen molar-refractivity contribution in [2.24, 2.45) is 10.8 Å². The van der Waals surface area contributed by atoms with Crippen molar-refractivity contribution in [3.05, 3.63) is 28.2 Å². The van der Waals surface area contributed by atoms with E-state index in [1.165, 1.54) is 0 Å². The van der Waals surface area contributed by atoms with Gasteiger partial charge in [-0.2, -0.15) is 0 Å². The van der Waals surface area contributed by atoms with Gasteiger partial charge in [0.2, 0.25) is 0 Å². The van der Waals surface area contributed by atoms with Gasteiger partial charge in [-0.1, -0.05) is 57.8 Å². The molecule has 0 unspecified atom stereocenters. The maximum Gasteiger partial charge on any atom is 0.0441 e. The summed E-state index contributed by atoms with van der Waals surface area (Å²) in [6.45, 7) is 12.1. The largest absolute Gasteiger partial charge is 0.384 e. The number of anilines is 1. The molecule has 0 radical (unpaired) electrons. The number of halogens is 2. The van der Waals surface area contributed by atoms with Gasteiger partial charge in [0.1, 0.15) is 0 Å². The standard InChI is InChI=1S/C14H21Cl2N/c1-13(2,3)14(4,5)9-17-12-7-10(15)6-11(16)8-12/h6-8,17H,9H2,1-5H3. The Kier molecular flexibility index (Phi) is 4.38. The zero-order valence-electron chi connectivity index (χ0n) is 11.2. The van der Waals surface area contributed by atoms with E-state index in [4.69, 9.17) is 23.2 Å². The first-order valence-corrected chi connectivity index (χ1v) is 6.57. The maximum atomic E-state index is 5.97. The summed E-state index contributed by atoms with van der Waals surface area (Å²) >= 11 is 11.9. The van der Waals surface area contributed by atoms with Crippen LogP contribution in [-0.4, -0.2) is 6.54 Å². The summed E-state index contributed by atoms with van der Waals surface area (Å²) in [5.74, 6) is 0. The Labute approximate surface area is 115 Å². The zero-order chi connectivity index (χ0) is 13.3. The SMILES string of the molecule is CC(C)(C)C(C)(C)CNc1cc(Cl)cc(Cl)c1. The molecule has 17 heavy (non-hydrogen) atoms. The average Bonchev–Trinajstić information content (AvgIpc) is 2.11. The lowest BCUT2D eigenvalue weighted by Crippen LogP contribution is -2.36. The normalized spacial score (nSPS) is 12.6. The topological polar surface area (TPSA) is 12.0 Å². The van der Waals surface area contributed by atoms with E-state index in [0.717, 1.165) is 12.2 Å². The predicted molar refractivity (Wildman–Crippen MR) is 78.2 cm³/mol. The molecule has 1 N–H and O–H groups in total. The molecule has 1 rings (SSSR count). The first-order chi connectivity index (χ1) is 7.62. The highest BCUT2D eigenvalue weighted by Gasteiger charge is 2.32. The third-order valence-corrected chi connectivity index (χ3v) is 4.06. The lowest BCUT2D eigenvalue weighted by atomic mass is 9.69. The van der Waals surface area contributed by atoms with E-state index in [-0.39, 0.29) is 10.8 Å². The molecule has 0 saturated carbocycles. The van der Waals surface area contributed by atoms with Gasteiger partial charge in [-0.25, -0.2) is 0 Å². The van der Waals surface area contributed by atoms with Crippen LogP contribution in [0.25, 0.3) is 0 Å². The van der Waals surface area contributed by atoms with Crippen LogP contribution >= 0.6 is 23.2 Å². The van der Waals surface area contributed by atoms with Gasteiger partial charge < -0.3 is 5.32 Å². The molecule has 0 aliphatic rings. The molecule has 0 saturated heterocycles. The minimum atomic E-state index is 0.182. The monoisotopic (exact) mass is 273 g/mol. The quantitative estimate of drug-likeness (QED) is 0.769. The molecule has 1 aromatic rings. The molecule has 1 aromatic carbocycles. The van der Waals surface area contributed by atoms with Crippen molar-refractivity contribution in [3.63, 3.8) is 0 Å². The first-order valence-electron chi connectivity index (χ1n) is 5.82. The molecule has 0 fully saturated rings. The van der Waals surface area contributed by atoms with E-state index in [2.05, 4.69) is 39.9 Å². The maximum absolute atomic E-state index is 5.97. The van der Waals surface area contributed by atoms with Crippen LogP contribution in [0.4, 0.5) is 5.69 Å². The van der Waals surface area contributed by atoms with Gasteiger partial charge in [0.15, 0.2) is 0 Å². The summed E-state index contributed by atoms with van der Waals surface area (Å²) in [6.07, 6.45) is 0. The summed E-state index contributed by atoms with van der Waals surface area (Å²) in [5.41, 5.74) is 1.39. The van der Waals surface area contributed by atoms with Crippen LogP contribution in [0.5, 0.6) is 0 Å². The second-order valence-corrected chi connectivity index (χ2v) is 7.02. The smallest absolute Gasteiger partial charge is 0.0441 e. The molecule has 0 aliphatic heterocycles. The molecule has 0 bridgehead atoms. The van der Waals surface area contributed by atoms with Crippen LogP contribution in [-0.2, 0) is 0 Å². The van der Waals surface area contributed by atoms with E-state index >= 15 is 0 Å². The summed E-state index contributed by atoms with van der Waals surface area (Å²) in [7, 11) is 0. The molecule has 1 nitrogen and oxygen atoms in total. The number of hydrogen-bond acceptors (Lipinski definition) is 1. The van der Waals surface area contributed by atoms with Crippen molar-refractivity contribution in [3.8, 4) is 0 Å². The van der Waals surface area contributed by atoms with Crippen molar-refractivity contribution in [1.29, 1.82) is 0 Å². The Balaban J connectivity index is 2.74. The zero-order valence-corrected chi connectivity index (χ0v) is 12.7. The number of benzene rings is 1. The van der Waals surface area contributed by atoms with Gasteiger partial charge in [-0.15, -0.1) is 0 Å². The number of nitrogens with one attached hydrogen (secondary N) is 1. The van der Waals surface area contributed by atoms with E-state index < -0.39 is 0 Å². The molecular weight excluding hydrogens is 253 g/mol. The van der Waals surface area contributed by atoms with E-state index in [9.17, 15) is 0 Å². The fourth-order valence-corrected chi connectivity index (χ4v) is 1.77. The second kappa shape index (κ2) is 5.07. The van der Waals surface area contributed by atoms with Crippen molar-refractivity contribution in [1.82, 2.24) is 0 Å². The van der Waals surface area contributed by atoms with Crippen molar-refractivity contribution in [2.45, 2.75) is 34.6 Å². The first kappa shape index (κ1) is 14.7. The average molecular weight is 274 g/mol. The van der Waals surface area contributed by atoms with Gasteiger partial charge >= 0.3 is 0 Å². The Morgan fingerprint density at radius 1 is 0.941 bits per heavy atom. The Hall–Kier alpha value is -0.400. The van der Waals surface area contributed by atoms with Gasteiger partial charge in [-0.3, -0.25) is 0 Å². The van der Waals surface area contributed by atoms with E-state index in [0.29, 0.717) is 10.0 Å². The summed E-state index contributed by atoms with van der Waals surface area (Å²) in [6, 6.07) is 5.53. The van der Waals surface area contributed by atoms with Gasteiger partial charge in [-0.05, 0) is 29.0 Å². The number of rotatable bonds is 3. The molecule has 3 heteroatoms. The third kappa shape index (κ3) is 4.08. The Morgan fingerprint density at radius 3 is 1.82 bits per heavy atom. The van der Waals surface area contributed by atoms with Crippen LogP contribution < -0.4 is 5.32 Å². The van der Waals surface area contributed by atoms with Crippen molar-refractivity contribution in [2.75, 3.05) is 11.9 Å². The molecule has 0 aliphatic carbocycles. The van der Waals surface area contributed by atoms with Gasteiger partial charge in [0.25, 0.3) is 0 Å². The lowest BCUT2D eigenvalue weighted by molar-refractivity contribution is 0.148.